The van der Waals surface area contributed by atoms with E-state index in [2.05, 4.69) is 34.7 Å². The average molecular weight is 380 g/mol. The minimum atomic E-state index is -0.397. The van der Waals surface area contributed by atoms with Crippen LogP contribution in [0.4, 0.5) is 4.79 Å². The first-order valence-corrected chi connectivity index (χ1v) is 9.76. The van der Waals surface area contributed by atoms with Gasteiger partial charge in [0, 0.05) is 25.7 Å². The van der Waals surface area contributed by atoms with Crippen molar-refractivity contribution in [1.82, 2.24) is 20.9 Å². The van der Waals surface area contributed by atoms with Crippen LogP contribution in [0.5, 0.6) is 0 Å². The summed E-state index contributed by atoms with van der Waals surface area (Å²) in [6, 6.07) is 3.43. The lowest BCUT2D eigenvalue weighted by atomic mass is 9.92. The molecule has 1 aromatic heterocycles. The van der Waals surface area contributed by atoms with Gasteiger partial charge in [0.1, 0.15) is 5.76 Å². The Morgan fingerprint density at radius 1 is 1.15 bits per heavy atom. The third kappa shape index (κ3) is 7.22. The van der Waals surface area contributed by atoms with Gasteiger partial charge in [0.15, 0.2) is 0 Å². The highest BCUT2D eigenvalue weighted by Crippen LogP contribution is 2.19. The highest BCUT2D eigenvalue weighted by atomic mass is 16.5. The Kier molecular flexibility index (Phi) is 9.13. The first-order valence-electron chi connectivity index (χ1n) is 9.76. The predicted molar refractivity (Wildman–Crippen MR) is 102 cm³/mol. The van der Waals surface area contributed by atoms with Crippen LogP contribution in [0.1, 0.15) is 32.4 Å². The van der Waals surface area contributed by atoms with Gasteiger partial charge in [-0.25, -0.2) is 4.79 Å². The van der Waals surface area contributed by atoms with Crippen LogP contribution >= 0.6 is 0 Å². The molecule has 3 N–H and O–H groups in total. The van der Waals surface area contributed by atoms with E-state index in [1.54, 1.807) is 18.4 Å². The number of nitrogens with one attached hydrogen (secondary N) is 3. The van der Waals surface area contributed by atoms with Crippen LogP contribution < -0.4 is 16.0 Å². The smallest absolute Gasteiger partial charge is 0.315 e. The van der Waals surface area contributed by atoms with Crippen molar-refractivity contribution in [2.24, 2.45) is 5.92 Å². The zero-order valence-electron chi connectivity index (χ0n) is 16.3. The quantitative estimate of drug-likeness (QED) is 0.569. The molecule has 0 bridgehead atoms. The van der Waals surface area contributed by atoms with Gasteiger partial charge < -0.3 is 25.1 Å². The molecule has 1 aliphatic rings. The monoisotopic (exact) mass is 380 g/mol. The lowest BCUT2D eigenvalue weighted by Crippen LogP contribution is -2.53. The maximum Gasteiger partial charge on any atom is 0.315 e. The van der Waals surface area contributed by atoms with Crippen molar-refractivity contribution in [2.75, 3.05) is 39.4 Å². The first-order chi connectivity index (χ1) is 13.1. The fraction of sp³-hybridized carbons (Fsp3) is 0.684. The SMILES string of the molecule is CCC(CC)C(CNC(=O)CNC(=O)NCc1ccco1)N1CCOCC1. The Hall–Kier alpha value is -2.06. The second-order valence-corrected chi connectivity index (χ2v) is 6.71. The molecular formula is C19H32N4O4. The molecule has 0 saturated carbocycles. The van der Waals surface area contributed by atoms with Gasteiger partial charge in [0.2, 0.25) is 5.91 Å². The van der Waals surface area contributed by atoms with E-state index in [0.29, 0.717) is 24.3 Å². The Balaban J connectivity index is 1.72. The molecule has 1 aliphatic heterocycles. The van der Waals surface area contributed by atoms with Crippen LogP contribution in [0, 0.1) is 5.92 Å². The highest BCUT2D eigenvalue weighted by molar-refractivity contribution is 5.83. The number of furan rings is 1. The number of nitrogens with zero attached hydrogens (tertiary/aromatic N) is 1. The molecule has 2 rings (SSSR count). The normalized spacial score (nSPS) is 16.1. The maximum atomic E-state index is 12.2. The summed E-state index contributed by atoms with van der Waals surface area (Å²) >= 11 is 0. The Labute approximate surface area is 161 Å². The van der Waals surface area contributed by atoms with E-state index in [-0.39, 0.29) is 19.0 Å². The molecule has 0 aliphatic carbocycles. The zero-order valence-corrected chi connectivity index (χ0v) is 16.3. The van der Waals surface area contributed by atoms with Crippen molar-refractivity contribution < 1.29 is 18.7 Å². The van der Waals surface area contributed by atoms with E-state index < -0.39 is 6.03 Å². The highest BCUT2D eigenvalue weighted by Gasteiger charge is 2.27. The van der Waals surface area contributed by atoms with Crippen LogP contribution in [-0.4, -0.2) is 62.3 Å². The number of morpholine rings is 1. The molecule has 152 valence electrons. The summed E-state index contributed by atoms with van der Waals surface area (Å²) in [5.74, 6) is 0.994. The third-order valence-corrected chi connectivity index (χ3v) is 5.03. The van der Waals surface area contributed by atoms with Crippen LogP contribution in [0.2, 0.25) is 0 Å². The van der Waals surface area contributed by atoms with Gasteiger partial charge in [-0.3, -0.25) is 9.69 Å². The van der Waals surface area contributed by atoms with Gasteiger partial charge in [-0.1, -0.05) is 26.7 Å². The second-order valence-electron chi connectivity index (χ2n) is 6.71. The number of hydrogen-bond donors (Lipinski definition) is 3. The molecule has 2 heterocycles. The Morgan fingerprint density at radius 2 is 1.89 bits per heavy atom. The van der Waals surface area contributed by atoms with Gasteiger partial charge in [-0.2, -0.15) is 0 Å². The van der Waals surface area contributed by atoms with Crippen LogP contribution in [-0.2, 0) is 16.1 Å². The van der Waals surface area contributed by atoms with Gasteiger partial charge in [-0.05, 0) is 18.1 Å². The topological polar surface area (TPSA) is 95.8 Å². The molecule has 8 heteroatoms. The summed E-state index contributed by atoms with van der Waals surface area (Å²) in [7, 11) is 0. The second kappa shape index (κ2) is 11.6. The molecule has 3 amide bonds. The Morgan fingerprint density at radius 3 is 2.52 bits per heavy atom. The number of carbonyl (C=O) groups excluding carboxylic acids is 2. The molecule has 0 radical (unpaired) electrons. The molecule has 1 unspecified atom stereocenters. The van der Waals surface area contributed by atoms with Crippen molar-refractivity contribution in [1.29, 1.82) is 0 Å². The molecular weight excluding hydrogens is 348 g/mol. The number of hydrogen-bond acceptors (Lipinski definition) is 5. The van der Waals surface area contributed by atoms with Crippen LogP contribution in [0.15, 0.2) is 22.8 Å². The van der Waals surface area contributed by atoms with E-state index >= 15 is 0 Å². The lowest BCUT2D eigenvalue weighted by Gasteiger charge is -2.38. The molecule has 1 atom stereocenters. The minimum Gasteiger partial charge on any atom is -0.467 e. The zero-order chi connectivity index (χ0) is 19.5. The number of carbonyl (C=O) groups is 2. The molecule has 0 aromatic carbocycles. The fourth-order valence-electron chi connectivity index (χ4n) is 3.42. The fourth-order valence-corrected chi connectivity index (χ4v) is 3.42. The largest absolute Gasteiger partial charge is 0.467 e. The van der Waals surface area contributed by atoms with E-state index in [4.69, 9.17) is 9.15 Å². The lowest BCUT2D eigenvalue weighted by molar-refractivity contribution is -0.120. The summed E-state index contributed by atoms with van der Waals surface area (Å²) < 4.78 is 10.6. The van der Waals surface area contributed by atoms with Crippen molar-refractivity contribution >= 4 is 11.9 Å². The van der Waals surface area contributed by atoms with Crippen molar-refractivity contribution in [2.45, 2.75) is 39.3 Å². The third-order valence-electron chi connectivity index (χ3n) is 5.03. The van der Waals surface area contributed by atoms with Gasteiger partial charge in [-0.15, -0.1) is 0 Å². The number of urea groups is 1. The molecule has 1 fully saturated rings. The van der Waals surface area contributed by atoms with Crippen molar-refractivity contribution in [3.05, 3.63) is 24.2 Å². The molecule has 27 heavy (non-hydrogen) atoms. The van der Waals surface area contributed by atoms with Crippen LogP contribution in [0.25, 0.3) is 0 Å². The molecule has 0 spiro atoms. The molecule has 1 aromatic rings. The molecule has 8 nitrogen and oxygen atoms in total. The summed E-state index contributed by atoms with van der Waals surface area (Å²) in [4.78, 5) is 26.3. The number of rotatable bonds is 10. The van der Waals surface area contributed by atoms with E-state index in [0.717, 1.165) is 39.1 Å². The van der Waals surface area contributed by atoms with Gasteiger partial charge in [0.05, 0.1) is 32.6 Å². The summed E-state index contributed by atoms with van der Waals surface area (Å²) in [5, 5.41) is 8.19. The Bertz CT molecular complexity index is 554. The van der Waals surface area contributed by atoms with E-state index in [9.17, 15) is 9.59 Å². The van der Waals surface area contributed by atoms with Crippen molar-refractivity contribution in [3.63, 3.8) is 0 Å². The summed E-state index contributed by atoms with van der Waals surface area (Å²) in [6.45, 7) is 8.46. The first kappa shape index (κ1) is 21.2. The number of ether oxygens (including phenoxy) is 1. The van der Waals surface area contributed by atoms with Gasteiger partial charge in [0.25, 0.3) is 0 Å². The predicted octanol–water partition coefficient (Wildman–Crippen LogP) is 1.33. The maximum absolute atomic E-state index is 12.2. The van der Waals surface area contributed by atoms with E-state index in [1.165, 1.54) is 0 Å². The molecule has 1 saturated heterocycles. The van der Waals surface area contributed by atoms with Crippen molar-refractivity contribution in [3.8, 4) is 0 Å². The average Bonchev–Trinajstić information content (AvgIpc) is 3.22. The summed E-state index contributed by atoms with van der Waals surface area (Å²) in [6.07, 6.45) is 3.69. The number of amides is 3. The standard InChI is InChI=1S/C19H32N4O4/c1-3-15(4-2)17(23-7-10-26-11-8-23)13-20-18(24)14-22-19(25)21-12-16-6-5-9-27-16/h5-6,9,15,17H,3-4,7-8,10-14H2,1-2H3,(H,20,24)(H2,21,22,25). The van der Waals surface area contributed by atoms with E-state index in [1.807, 2.05) is 0 Å². The van der Waals surface area contributed by atoms with Gasteiger partial charge >= 0.3 is 6.03 Å². The summed E-state index contributed by atoms with van der Waals surface area (Å²) in [5.41, 5.74) is 0. The van der Waals surface area contributed by atoms with Crippen LogP contribution in [0.3, 0.4) is 0 Å². The minimum absolute atomic E-state index is 0.0528.